The highest BCUT2D eigenvalue weighted by Gasteiger charge is 2.50. The second-order valence-corrected chi connectivity index (χ2v) is 8.89. The van der Waals surface area contributed by atoms with Crippen LogP contribution in [0.25, 0.3) is 0 Å². The lowest BCUT2D eigenvalue weighted by Crippen LogP contribution is -2.35. The van der Waals surface area contributed by atoms with Crippen molar-refractivity contribution in [2.45, 2.75) is 78.2 Å². The van der Waals surface area contributed by atoms with Gasteiger partial charge in [-0.2, -0.15) is 0 Å². The van der Waals surface area contributed by atoms with Gasteiger partial charge in [0.05, 0.1) is 6.10 Å². The average Bonchev–Trinajstić information content (AvgIpc) is 2.94. The monoisotopic (exact) mass is 342 g/mol. The summed E-state index contributed by atoms with van der Waals surface area (Å²) in [5.41, 5.74) is 3.47. The van der Waals surface area contributed by atoms with Gasteiger partial charge >= 0.3 is 0 Å². The van der Waals surface area contributed by atoms with E-state index in [2.05, 4.69) is 39.5 Å². The Labute approximate surface area is 153 Å². The molecule has 0 saturated heterocycles. The van der Waals surface area contributed by atoms with Gasteiger partial charge in [-0.15, -0.1) is 0 Å². The Bertz CT molecular complexity index is 612. The highest BCUT2D eigenvalue weighted by Crippen LogP contribution is 2.59. The molecule has 0 aliphatic heterocycles. The van der Waals surface area contributed by atoms with Crippen LogP contribution < -0.4 is 0 Å². The molecule has 3 saturated carbocycles. The van der Waals surface area contributed by atoms with Crippen molar-refractivity contribution in [2.24, 2.45) is 23.2 Å². The Morgan fingerprint density at radius 1 is 1.36 bits per heavy atom. The first-order chi connectivity index (χ1) is 11.9. The van der Waals surface area contributed by atoms with Crippen molar-refractivity contribution in [2.75, 3.05) is 0 Å². The van der Waals surface area contributed by atoms with Crippen LogP contribution in [-0.2, 0) is 4.79 Å². The molecule has 1 N–H and O–H groups in total. The van der Waals surface area contributed by atoms with Crippen molar-refractivity contribution in [3.63, 3.8) is 0 Å². The highest BCUT2D eigenvalue weighted by atomic mass is 16.3. The van der Waals surface area contributed by atoms with E-state index in [4.69, 9.17) is 0 Å². The number of rotatable bonds is 3. The highest BCUT2D eigenvalue weighted by molar-refractivity contribution is 5.98. The zero-order valence-electron chi connectivity index (χ0n) is 16.2. The minimum absolute atomic E-state index is 0.00502. The number of fused-ring (bicyclic) bond motifs is 1. The molecule has 5 atom stereocenters. The Morgan fingerprint density at radius 3 is 2.80 bits per heavy atom. The molecule has 2 unspecified atom stereocenters. The van der Waals surface area contributed by atoms with Crippen LogP contribution >= 0.6 is 0 Å². The number of allylic oxidation sites excluding steroid dienone is 3. The molecule has 0 spiro atoms. The molecule has 0 radical (unpaired) electrons. The lowest BCUT2D eigenvalue weighted by Gasteiger charge is -2.44. The molecule has 2 heteroatoms. The van der Waals surface area contributed by atoms with Gasteiger partial charge in [-0.1, -0.05) is 57.1 Å². The van der Waals surface area contributed by atoms with Crippen LogP contribution in [-0.4, -0.2) is 17.0 Å². The number of hydrogen-bond acceptors (Lipinski definition) is 2. The molecule has 0 aromatic rings. The fourth-order valence-electron chi connectivity index (χ4n) is 5.80. The molecule has 3 fully saturated rings. The van der Waals surface area contributed by atoms with Crippen molar-refractivity contribution in [1.82, 2.24) is 0 Å². The van der Waals surface area contributed by atoms with Crippen LogP contribution in [0.4, 0.5) is 0 Å². The Hall–Kier alpha value is -1.15. The number of carbonyl (C=O) groups is 1. The first kappa shape index (κ1) is 18.6. The zero-order valence-corrected chi connectivity index (χ0v) is 16.2. The van der Waals surface area contributed by atoms with Crippen LogP contribution in [0.5, 0.6) is 0 Å². The van der Waals surface area contributed by atoms with Crippen LogP contribution in [0.15, 0.2) is 35.5 Å². The fraction of sp³-hybridized carbons (Fsp3) is 0.696. The predicted octanol–water partition coefficient (Wildman–Crippen LogP) is 5.38. The third-order valence-electron chi connectivity index (χ3n) is 7.51. The second-order valence-electron chi connectivity index (χ2n) is 8.89. The summed E-state index contributed by atoms with van der Waals surface area (Å²) in [7, 11) is 0. The molecular weight excluding hydrogens is 308 g/mol. The largest absolute Gasteiger partial charge is 0.388 e. The van der Waals surface area contributed by atoms with E-state index < -0.39 is 6.10 Å². The van der Waals surface area contributed by atoms with E-state index in [0.717, 1.165) is 17.4 Å². The summed E-state index contributed by atoms with van der Waals surface area (Å²) in [5, 5.41) is 9.99. The van der Waals surface area contributed by atoms with Crippen LogP contribution in [0, 0.1) is 23.2 Å². The van der Waals surface area contributed by atoms with E-state index in [1.54, 1.807) is 5.57 Å². The van der Waals surface area contributed by atoms with Gasteiger partial charge in [-0.3, -0.25) is 4.79 Å². The molecule has 0 amide bonds. The predicted molar refractivity (Wildman–Crippen MR) is 103 cm³/mol. The van der Waals surface area contributed by atoms with Gasteiger partial charge < -0.3 is 5.11 Å². The SMILES string of the molecule is C=C1C(=O)C/C(=C/C=C2\CCC[C@@]3(C)C2CCC3[C@H](C)CC)C[C@H]1O. The molecule has 0 heterocycles. The van der Waals surface area contributed by atoms with Gasteiger partial charge in [0.15, 0.2) is 5.78 Å². The van der Waals surface area contributed by atoms with E-state index in [1.165, 1.54) is 38.5 Å². The summed E-state index contributed by atoms with van der Waals surface area (Å²) >= 11 is 0. The number of Topliss-reactive ketones (excluding diaryl/α,β-unsaturated/α-hetero) is 1. The molecule has 25 heavy (non-hydrogen) atoms. The minimum atomic E-state index is -0.691. The molecule has 3 aliphatic carbocycles. The first-order valence-corrected chi connectivity index (χ1v) is 10.1. The zero-order chi connectivity index (χ0) is 18.2. The lowest BCUT2D eigenvalue weighted by molar-refractivity contribution is -0.116. The maximum Gasteiger partial charge on any atom is 0.164 e. The first-order valence-electron chi connectivity index (χ1n) is 10.1. The lowest BCUT2D eigenvalue weighted by atomic mass is 9.61. The molecule has 138 valence electrons. The van der Waals surface area contributed by atoms with Crippen molar-refractivity contribution >= 4 is 5.78 Å². The topological polar surface area (TPSA) is 37.3 Å². The van der Waals surface area contributed by atoms with Crippen molar-refractivity contribution in [3.8, 4) is 0 Å². The van der Waals surface area contributed by atoms with Gasteiger partial charge in [0, 0.05) is 12.0 Å². The minimum Gasteiger partial charge on any atom is -0.388 e. The molecule has 0 bridgehead atoms. The average molecular weight is 343 g/mol. The standard InChI is InChI=1S/C23H34O2/c1-5-15(2)19-10-11-20-18(7-6-12-23(19,20)4)9-8-17-13-21(24)16(3)22(25)14-17/h8-9,15,19-21,24H,3,5-7,10-14H2,1-2,4H3/b17-8+,18-9+/t15-,19?,20?,21-,23-/m1/s1. The van der Waals surface area contributed by atoms with Crippen LogP contribution in [0.3, 0.4) is 0 Å². The second kappa shape index (κ2) is 7.23. The van der Waals surface area contributed by atoms with Crippen molar-refractivity contribution in [3.05, 3.63) is 35.5 Å². The summed E-state index contributed by atoms with van der Waals surface area (Å²) in [5.74, 6) is 2.36. The van der Waals surface area contributed by atoms with Gasteiger partial charge in [0.2, 0.25) is 0 Å². The van der Waals surface area contributed by atoms with Gasteiger partial charge in [-0.05, 0) is 61.7 Å². The maximum atomic E-state index is 11.9. The Kier molecular flexibility index (Phi) is 5.39. The summed E-state index contributed by atoms with van der Waals surface area (Å²) in [6.07, 6.45) is 12.5. The smallest absolute Gasteiger partial charge is 0.164 e. The molecular formula is C23H34O2. The quantitative estimate of drug-likeness (QED) is 0.699. The number of aliphatic hydroxyl groups excluding tert-OH is 1. The third-order valence-corrected chi connectivity index (χ3v) is 7.51. The molecule has 0 aromatic carbocycles. The van der Waals surface area contributed by atoms with E-state index in [9.17, 15) is 9.90 Å². The van der Waals surface area contributed by atoms with Crippen molar-refractivity contribution < 1.29 is 9.90 Å². The molecule has 0 aromatic heterocycles. The Balaban J connectivity index is 1.79. The number of hydrogen-bond donors (Lipinski definition) is 1. The van der Waals surface area contributed by atoms with Crippen LogP contribution in [0.1, 0.15) is 72.1 Å². The summed E-state index contributed by atoms with van der Waals surface area (Å²) in [6.45, 7) is 11.0. The molecule has 3 rings (SSSR count). The van der Waals surface area contributed by atoms with Crippen LogP contribution in [0.2, 0.25) is 0 Å². The summed E-state index contributed by atoms with van der Waals surface area (Å²) in [4.78, 5) is 11.9. The van der Waals surface area contributed by atoms with E-state index in [0.29, 0.717) is 29.7 Å². The number of ketones is 1. The van der Waals surface area contributed by atoms with E-state index in [-0.39, 0.29) is 5.78 Å². The normalized spacial score (nSPS) is 40.6. The van der Waals surface area contributed by atoms with Gasteiger partial charge in [-0.25, -0.2) is 0 Å². The summed E-state index contributed by atoms with van der Waals surface area (Å²) < 4.78 is 0. The molecule has 3 aliphatic rings. The van der Waals surface area contributed by atoms with Gasteiger partial charge in [0.1, 0.15) is 0 Å². The number of aliphatic hydroxyl groups is 1. The third kappa shape index (κ3) is 3.43. The van der Waals surface area contributed by atoms with E-state index >= 15 is 0 Å². The maximum absolute atomic E-state index is 11.9. The van der Waals surface area contributed by atoms with E-state index in [1.807, 2.05) is 0 Å². The van der Waals surface area contributed by atoms with Gasteiger partial charge in [0.25, 0.3) is 0 Å². The Morgan fingerprint density at radius 2 is 2.12 bits per heavy atom. The molecule has 2 nitrogen and oxygen atoms in total. The van der Waals surface area contributed by atoms with Crippen molar-refractivity contribution in [1.29, 1.82) is 0 Å². The fourth-order valence-corrected chi connectivity index (χ4v) is 5.80. The summed E-state index contributed by atoms with van der Waals surface area (Å²) in [6, 6.07) is 0. The number of carbonyl (C=O) groups excluding carboxylic acids is 1.